The summed E-state index contributed by atoms with van der Waals surface area (Å²) in [4.78, 5) is 19.5. The molecular weight excluding hydrogens is 264 g/mol. The number of carboxylic acids is 1. The van der Waals surface area contributed by atoms with Gasteiger partial charge in [0.2, 0.25) is 0 Å². The number of carbonyl (C=O) groups is 1. The first-order valence-corrected chi connectivity index (χ1v) is 6.34. The second-order valence-electron chi connectivity index (χ2n) is 4.12. The number of aromatic carboxylic acids is 1. The van der Waals surface area contributed by atoms with Crippen molar-refractivity contribution in [2.45, 2.75) is 19.8 Å². The fourth-order valence-corrected chi connectivity index (χ4v) is 1.98. The van der Waals surface area contributed by atoms with E-state index < -0.39 is 5.97 Å². The lowest BCUT2D eigenvalue weighted by Gasteiger charge is -2.06. The molecule has 5 heteroatoms. The molecule has 0 bridgehead atoms. The molecule has 0 aliphatic rings. The van der Waals surface area contributed by atoms with Crippen molar-refractivity contribution in [2.75, 3.05) is 0 Å². The SMILES string of the molecule is CCCc1nc(-c2cccc(Cl)c2)ncc1C(=O)O. The molecule has 0 fully saturated rings. The van der Waals surface area contributed by atoms with Gasteiger partial charge in [-0.2, -0.15) is 0 Å². The van der Waals surface area contributed by atoms with Crippen LogP contribution in [0.1, 0.15) is 29.4 Å². The van der Waals surface area contributed by atoms with Crippen LogP contribution in [-0.4, -0.2) is 21.0 Å². The minimum absolute atomic E-state index is 0.160. The van der Waals surface area contributed by atoms with Gasteiger partial charge < -0.3 is 5.11 Å². The van der Waals surface area contributed by atoms with Gasteiger partial charge in [0.25, 0.3) is 0 Å². The average Bonchev–Trinajstić information content (AvgIpc) is 2.39. The molecule has 98 valence electrons. The fourth-order valence-electron chi connectivity index (χ4n) is 1.79. The van der Waals surface area contributed by atoms with Crippen LogP contribution < -0.4 is 0 Å². The molecule has 2 rings (SSSR count). The highest BCUT2D eigenvalue weighted by Gasteiger charge is 2.13. The Kier molecular flexibility index (Phi) is 4.12. The second-order valence-corrected chi connectivity index (χ2v) is 4.56. The summed E-state index contributed by atoms with van der Waals surface area (Å²) < 4.78 is 0. The van der Waals surface area contributed by atoms with Gasteiger partial charge in [0.15, 0.2) is 5.82 Å². The highest BCUT2D eigenvalue weighted by Crippen LogP contribution is 2.20. The van der Waals surface area contributed by atoms with E-state index in [-0.39, 0.29) is 5.56 Å². The molecule has 1 aromatic heterocycles. The van der Waals surface area contributed by atoms with Crippen LogP contribution in [0.5, 0.6) is 0 Å². The Morgan fingerprint density at radius 2 is 2.21 bits per heavy atom. The smallest absolute Gasteiger partial charge is 0.339 e. The number of carboxylic acid groups (broad SMARTS) is 1. The Bertz CT molecular complexity index is 614. The maximum absolute atomic E-state index is 11.1. The molecule has 1 N–H and O–H groups in total. The fraction of sp³-hybridized carbons (Fsp3) is 0.214. The van der Waals surface area contributed by atoms with E-state index in [1.165, 1.54) is 6.20 Å². The van der Waals surface area contributed by atoms with Crippen molar-refractivity contribution < 1.29 is 9.90 Å². The van der Waals surface area contributed by atoms with Gasteiger partial charge in [0.1, 0.15) is 0 Å². The summed E-state index contributed by atoms with van der Waals surface area (Å²) in [6, 6.07) is 7.18. The lowest BCUT2D eigenvalue weighted by atomic mass is 10.1. The Morgan fingerprint density at radius 1 is 1.42 bits per heavy atom. The Morgan fingerprint density at radius 3 is 2.84 bits per heavy atom. The minimum Gasteiger partial charge on any atom is -0.478 e. The Balaban J connectivity index is 2.48. The number of nitrogens with zero attached hydrogens (tertiary/aromatic N) is 2. The molecule has 0 radical (unpaired) electrons. The predicted molar refractivity (Wildman–Crippen MR) is 73.4 cm³/mol. The third-order valence-electron chi connectivity index (χ3n) is 2.67. The van der Waals surface area contributed by atoms with Crippen molar-refractivity contribution in [2.24, 2.45) is 0 Å². The van der Waals surface area contributed by atoms with Gasteiger partial charge >= 0.3 is 5.97 Å². The molecule has 0 saturated heterocycles. The van der Waals surface area contributed by atoms with Crippen molar-refractivity contribution in [1.82, 2.24) is 9.97 Å². The number of aryl methyl sites for hydroxylation is 1. The summed E-state index contributed by atoms with van der Waals surface area (Å²) in [7, 11) is 0. The standard InChI is InChI=1S/C14H13ClN2O2/c1-2-4-12-11(14(18)19)8-16-13(17-12)9-5-3-6-10(15)7-9/h3,5-8H,2,4H2,1H3,(H,18,19). The van der Waals surface area contributed by atoms with E-state index in [0.717, 1.165) is 12.0 Å². The molecular formula is C14H13ClN2O2. The maximum atomic E-state index is 11.1. The van der Waals surface area contributed by atoms with Crippen LogP contribution >= 0.6 is 11.6 Å². The normalized spacial score (nSPS) is 10.4. The number of hydrogen-bond acceptors (Lipinski definition) is 3. The first kappa shape index (κ1) is 13.5. The van der Waals surface area contributed by atoms with Crippen molar-refractivity contribution in [3.63, 3.8) is 0 Å². The molecule has 0 saturated carbocycles. The Hall–Kier alpha value is -1.94. The number of hydrogen-bond donors (Lipinski definition) is 1. The van der Waals surface area contributed by atoms with E-state index in [0.29, 0.717) is 23.0 Å². The molecule has 1 heterocycles. The van der Waals surface area contributed by atoms with Gasteiger partial charge in [0, 0.05) is 16.8 Å². The van der Waals surface area contributed by atoms with Crippen LogP contribution in [0.15, 0.2) is 30.5 Å². The van der Waals surface area contributed by atoms with E-state index in [2.05, 4.69) is 9.97 Å². The van der Waals surface area contributed by atoms with Crippen molar-refractivity contribution in [3.05, 3.63) is 46.7 Å². The average molecular weight is 277 g/mol. The first-order valence-electron chi connectivity index (χ1n) is 5.97. The summed E-state index contributed by atoms with van der Waals surface area (Å²) in [5, 5.41) is 9.69. The lowest BCUT2D eigenvalue weighted by Crippen LogP contribution is -2.07. The highest BCUT2D eigenvalue weighted by molar-refractivity contribution is 6.30. The van der Waals surface area contributed by atoms with Crippen molar-refractivity contribution in [3.8, 4) is 11.4 Å². The van der Waals surface area contributed by atoms with Gasteiger partial charge in [-0.3, -0.25) is 0 Å². The summed E-state index contributed by atoms with van der Waals surface area (Å²) in [5.74, 6) is -0.503. The zero-order valence-corrected chi connectivity index (χ0v) is 11.2. The lowest BCUT2D eigenvalue weighted by molar-refractivity contribution is 0.0694. The molecule has 0 aliphatic carbocycles. The molecule has 1 aromatic carbocycles. The topological polar surface area (TPSA) is 63.1 Å². The van der Waals surface area contributed by atoms with Crippen LogP contribution in [0.3, 0.4) is 0 Å². The van der Waals surface area contributed by atoms with Crippen molar-refractivity contribution >= 4 is 17.6 Å². The van der Waals surface area contributed by atoms with E-state index in [1.54, 1.807) is 12.1 Å². The molecule has 0 unspecified atom stereocenters. The molecule has 19 heavy (non-hydrogen) atoms. The molecule has 0 atom stereocenters. The van der Waals surface area contributed by atoms with Crippen LogP contribution in [0.25, 0.3) is 11.4 Å². The van der Waals surface area contributed by atoms with Crippen molar-refractivity contribution in [1.29, 1.82) is 0 Å². The Labute approximate surface area is 116 Å². The quantitative estimate of drug-likeness (QED) is 0.929. The third kappa shape index (κ3) is 3.09. The largest absolute Gasteiger partial charge is 0.478 e. The highest BCUT2D eigenvalue weighted by atomic mass is 35.5. The maximum Gasteiger partial charge on any atom is 0.339 e. The summed E-state index contributed by atoms with van der Waals surface area (Å²) in [6.07, 6.45) is 2.79. The van der Waals surface area contributed by atoms with Gasteiger partial charge in [-0.1, -0.05) is 37.1 Å². The molecule has 0 aliphatic heterocycles. The van der Waals surface area contributed by atoms with Crippen LogP contribution in [0.2, 0.25) is 5.02 Å². The molecule has 4 nitrogen and oxygen atoms in total. The first-order chi connectivity index (χ1) is 9.11. The summed E-state index contributed by atoms with van der Waals surface area (Å²) >= 11 is 5.93. The minimum atomic E-state index is -0.999. The van der Waals surface area contributed by atoms with E-state index in [1.807, 2.05) is 19.1 Å². The van der Waals surface area contributed by atoms with E-state index in [9.17, 15) is 4.79 Å². The third-order valence-corrected chi connectivity index (χ3v) is 2.90. The summed E-state index contributed by atoms with van der Waals surface area (Å²) in [5.41, 5.74) is 1.49. The van der Waals surface area contributed by atoms with Gasteiger partial charge in [-0.25, -0.2) is 14.8 Å². The molecule has 2 aromatic rings. The van der Waals surface area contributed by atoms with E-state index >= 15 is 0 Å². The van der Waals surface area contributed by atoms with Crippen LogP contribution in [0.4, 0.5) is 0 Å². The second kappa shape index (κ2) is 5.80. The zero-order valence-electron chi connectivity index (χ0n) is 10.4. The van der Waals surface area contributed by atoms with Crippen LogP contribution in [0, 0.1) is 0 Å². The zero-order chi connectivity index (χ0) is 13.8. The number of rotatable bonds is 4. The van der Waals surface area contributed by atoms with Crippen LogP contribution in [-0.2, 0) is 6.42 Å². The molecule has 0 amide bonds. The van der Waals surface area contributed by atoms with Gasteiger partial charge in [-0.05, 0) is 18.6 Å². The number of benzene rings is 1. The molecule has 0 spiro atoms. The predicted octanol–water partition coefficient (Wildman–Crippen LogP) is 3.45. The summed E-state index contributed by atoms with van der Waals surface area (Å²) in [6.45, 7) is 1.98. The van der Waals surface area contributed by atoms with Gasteiger partial charge in [0.05, 0.1) is 11.3 Å². The van der Waals surface area contributed by atoms with E-state index in [4.69, 9.17) is 16.7 Å². The number of halogens is 1. The van der Waals surface area contributed by atoms with Gasteiger partial charge in [-0.15, -0.1) is 0 Å². The number of aromatic nitrogens is 2. The monoisotopic (exact) mass is 276 g/mol.